The maximum absolute atomic E-state index is 12.8. The van der Waals surface area contributed by atoms with Crippen LogP contribution in [-0.4, -0.2) is 18.4 Å². The second kappa shape index (κ2) is 5.85. The first-order valence-corrected chi connectivity index (χ1v) is 8.54. The van der Waals surface area contributed by atoms with E-state index in [1.165, 1.54) is 16.9 Å². The number of ether oxygens (including phenoxy) is 1. The van der Waals surface area contributed by atoms with Crippen molar-refractivity contribution in [2.24, 2.45) is 0 Å². The van der Waals surface area contributed by atoms with Crippen LogP contribution in [0, 0.1) is 6.92 Å². The van der Waals surface area contributed by atoms with Gasteiger partial charge in [0.25, 0.3) is 0 Å². The quantitative estimate of drug-likeness (QED) is 0.678. The normalized spacial score (nSPS) is 17.5. The topological polar surface area (TPSA) is 38.3 Å². The molecule has 3 nitrogen and oxygen atoms in total. The van der Waals surface area contributed by atoms with Crippen LogP contribution in [0.25, 0.3) is 5.70 Å². The summed E-state index contributed by atoms with van der Waals surface area (Å²) in [4.78, 5) is 12.8. The van der Waals surface area contributed by atoms with Crippen molar-refractivity contribution in [1.29, 1.82) is 0 Å². The molecule has 0 unspecified atom stereocenters. The van der Waals surface area contributed by atoms with Crippen LogP contribution in [0.2, 0.25) is 0 Å². The summed E-state index contributed by atoms with van der Waals surface area (Å²) in [5.41, 5.74) is 4.80. The van der Waals surface area contributed by atoms with Crippen molar-refractivity contribution < 1.29 is 9.53 Å². The van der Waals surface area contributed by atoms with Gasteiger partial charge in [-0.15, -0.1) is 11.3 Å². The summed E-state index contributed by atoms with van der Waals surface area (Å²) in [6.07, 6.45) is 2.65. The van der Waals surface area contributed by atoms with Crippen LogP contribution in [0.15, 0.2) is 35.7 Å². The lowest BCUT2D eigenvalue weighted by Gasteiger charge is -2.35. The molecule has 0 atom stereocenters. The summed E-state index contributed by atoms with van der Waals surface area (Å²) < 4.78 is 5.33. The zero-order valence-corrected chi connectivity index (χ0v) is 14.7. The number of nitrogens with one attached hydrogen (secondary N) is 1. The van der Waals surface area contributed by atoms with E-state index in [-0.39, 0.29) is 11.3 Å². The van der Waals surface area contributed by atoms with Crippen molar-refractivity contribution in [2.45, 2.75) is 32.7 Å². The first-order valence-electron chi connectivity index (χ1n) is 7.66. The number of benzene rings is 1. The molecule has 0 fully saturated rings. The van der Waals surface area contributed by atoms with Gasteiger partial charge in [0.2, 0.25) is 0 Å². The Hall–Kier alpha value is -2.07. The Labute approximate surface area is 141 Å². The Balaban J connectivity index is 2.05. The van der Waals surface area contributed by atoms with Crippen LogP contribution in [-0.2, 0) is 6.42 Å². The van der Waals surface area contributed by atoms with Crippen LogP contribution < -0.4 is 10.1 Å². The molecular weight excluding hydrogens is 306 g/mol. The van der Waals surface area contributed by atoms with Crippen molar-refractivity contribution in [3.05, 3.63) is 58.0 Å². The third-order valence-electron chi connectivity index (χ3n) is 4.06. The van der Waals surface area contributed by atoms with Gasteiger partial charge in [-0.2, -0.15) is 0 Å². The fourth-order valence-electron chi connectivity index (χ4n) is 3.07. The SMILES string of the molecule is COc1scc(C)c1C(=O)C=C1NC(C)(C)Cc2ccccc21. The van der Waals surface area contributed by atoms with E-state index in [1.54, 1.807) is 13.2 Å². The highest BCUT2D eigenvalue weighted by Gasteiger charge is 2.28. The van der Waals surface area contributed by atoms with E-state index in [2.05, 4.69) is 31.3 Å². The monoisotopic (exact) mass is 327 g/mol. The number of methoxy groups -OCH3 is 1. The Morgan fingerprint density at radius 3 is 2.83 bits per heavy atom. The van der Waals surface area contributed by atoms with E-state index < -0.39 is 0 Å². The number of carbonyl (C=O) groups is 1. The van der Waals surface area contributed by atoms with Gasteiger partial charge in [-0.25, -0.2) is 0 Å². The fraction of sp³-hybridized carbons (Fsp3) is 0.316. The highest BCUT2D eigenvalue weighted by molar-refractivity contribution is 7.12. The smallest absolute Gasteiger partial charge is 0.192 e. The van der Waals surface area contributed by atoms with Crippen molar-refractivity contribution in [3.8, 4) is 5.06 Å². The number of ketones is 1. The number of rotatable bonds is 3. The highest BCUT2D eigenvalue weighted by Crippen LogP contribution is 2.33. The van der Waals surface area contributed by atoms with E-state index in [9.17, 15) is 4.79 Å². The van der Waals surface area contributed by atoms with Gasteiger partial charge >= 0.3 is 0 Å². The molecule has 1 N–H and O–H groups in total. The van der Waals surface area contributed by atoms with Crippen LogP contribution in [0.4, 0.5) is 0 Å². The van der Waals surface area contributed by atoms with Crippen molar-refractivity contribution in [3.63, 3.8) is 0 Å². The van der Waals surface area contributed by atoms with Gasteiger partial charge in [-0.05, 0) is 43.7 Å². The third-order valence-corrected chi connectivity index (χ3v) is 5.12. The van der Waals surface area contributed by atoms with E-state index >= 15 is 0 Å². The number of hydrogen-bond donors (Lipinski definition) is 1. The van der Waals surface area contributed by atoms with Crippen molar-refractivity contribution in [2.75, 3.05) is 7.11 Å². The van der Waals surface area contributed by atoms with Gasteiger partial charge < -0.3 is 10.1 Å². The second-order valence-corrected chi connectivity index (χ2v) is 7.39. The maximum atomic E-state index is 12.8. The standard InChI is InChI=1S/C19H21NO2S/c1-12-11-23-18(22-4)17(12)16(21)9-15-14-8-6-5-7-13(14)10-19(2,3)20-15/h5-9,11,20H,10H2,1-4H3. The molecule has 4 heteroatoms. The summed E-state index contributed by atoms with van der Waals surface area (Å²) in [5.74, 6) is -0.0180. The zero-order valence-electron chi connectivity index (χ0n) is 13.9. The van der Waals surface area contributed by atoms with E-state index in [0.717, 1.165) is 23.2 Å². The van der Waals surface area contributed by atoms with Gasteiger partial charge in [0, 0.05) is 22.9 Å². The number of carbonyl (C=O) groups excluding carboxylic acids is 1. The lowest BCUT2D eigenvalue weighted by Crippen LogP contribution is -2.43. The number of thiophene rings is 1. The molecule has 0 saturated heterocycles. The lowest BCUT2D eigenvalue weighted by molar-refractivity contribution is 0.104. The van der Waals surface area contributed by atoms with Crippen LogP contribution in [0.5, 0.6) is 5.06 Å². The second-order valence-electron chi connectivity index (χ2n) is 6.55. The average Bonchev–Trinajstić information content (AvgIpc) is 2.87. The van der Waals surface area contributed by atoms with E-state index in [4.69, 9.17) is 4.74 Å². The average molecular weight is 327 g/mol. The molecule has 0 radical (unpaired) electrons. The molecule has 120 valence electrons. The zero-order chi connectivity index (χ0) is 16.6. The predicted molar refractivity (Wildman–Crippen MR) is 95.3 cm³/mol. The molecule has 0 saturated carbocycles. The summed E-state index contributed by atoms with van der Waals surface area (Å²) in [6, 6.07) is 8.25. The Morgan fingerprint density at radius 1 is 1.35 bits per heavy atom. The molecule has 1 aliphatic heterocycles. The first kappa shape index (κ1) is 15.8. The van der Waals surface area contributed by atoms with Gasteiger partial charge in [-0.3, -0.25) is 4.79 Å². The lowest BCUT2D eigenvalue weighted by atomic mass is 9.85. The molecule has 1 aromatic heterocycles. The molecule has 0 aliphatic carbocycles. The Morgan fingerprint density at radius 2 is 2.09 bits per heavy atom. The maximum Gasteiger partial charge on any atom is 0.192 e. The largest absolute Gasteiger partial charge is 0.487 e. The highest BCUT2D eigenvalue weighted by atomic mass is 32.1. The number of aryl methyl sites for hydroxylation is 1. The summed E-state index contributed by atoms with van der Waals surface area (Å²) in [6.45, 7) is 6.24. The minimum Gasteiger partial charge on any atom is -0.487 e. The summed E-state index contributed by atoms with van der Waals surface area (Å²) in [7, 11) is 1.60. The van der Waals surface area contributed by atoms with E-state index in [1.807, 2.05) is 24.4 Å². The van der Waals surface area contributed by atoms with E-state index in [0.29, 0.717) is 10.6 Å². The van der Waals surface area contributed by atoms with Gasteiger partial charge in [0.15, 0.2) is 10.8 Å². The molecule has 2 heterocycles. The molecule has 0 spiro atoms. The van der Waals surface area contributed by atoms with Crippen LogP contribution >= 0.6 is 11.3 Å². The van der Waals surface area contributed by atoms with Crippen LogP contribution in [0.3, 0.4) is 0 Å². The van der Waals surface area contributed by atoms with Crippen LogP contribution in [0.1, 0.15) is 40.9 Å². The summed E-state index contributed by atoms with van der Waals surface area (Å²) in [5, 5.41) is 6.13. The summed E-state index contributed by atoms with van der Waals surface area (Å²) >= 11 is 1.46. The minimum atomic E-state index is -0.0752. The molecule has 1 aliphatic rings. The van der Waals surface area contributed by atoms with Gasteiger partial charge in [-0.1, -0.05) is 24.3 Å². The third kappa shape index (κ3) is 3.04. The number of hydrogen-bond acceptors (Lipinski definition) is 4. The van der Waals surface area contributed by atoms with Crippen molar-refractivity contribution >= 4 is 22.8 Å². The molecular formula is C19H21NO2S. The minimum absolute atomic E-state index is 0.0180. The van der Waals surface area contributed by atoms with Crippen molar-refractivity contribution in [1.82, 2.24) is 5.32 Å². The molecule has 3 rings (SSSR count). The molecule has 2 aromatic rings. The Kier molecular flexibility index (Phi) is 4.02. The number of fused-ring (bicyclic) bond motifs is 1. The van der Waals surface area contributed by atoms with Gasteiger partial charge in [0.1, 0.15) is 0 Å². The molecule has 0 bridgehead atoms. The fourth-order valence-corrected chi connectivity index (χ4v) is 3.95. The molecule has 23 heavy (non-hydrogen) atoms. The predicted octanol–water partition coefficient (Wildman–Crippen LogP) is 4.21. The number of allylic oxidation sites excluding steroid dienone is 1. The Bertz CT molecular complexity index is 786. The molecule has 0 amide bonds. The molecule has 1 aromatic carbocycles. The van der Waals surface area contributed by atoms with Gasteiger partial charge in [0.05, 0.1) is 12.7 Å². The first-order chi connectivity index (χ1) is 10.9.